The fraction of sp³-hybridized carbons (Fsp3) is 1.00. The van der Waals surface area contributed by atoms with Gasteiger partial charge in [-0.3, -0.25) is 0 Å². The fourth-order valence-electron chi connectivity index (χ4n) is 4.58. The second-order valence-corrected chi connectivity index (χ2v) is 7.18. The van der Waals surface area contributed by atoms with Gasteiger partial charge in [-0.2, -0.15) is 0 Å². The van der Waals surface area contributed by atoms with Crippen LogP contribution >= 0.6 is 0 Å². The van der Waals surface area contributed by atoms with Gasteiger partial charge < -0.3 is 10.2 Å². The zero-order valence-corrected chi connectivity index (χ0v) is 14.0. The Morgan fingerprint density at radius 3 is 2.65 bits per heavy atom. The van der Waals surface area contributed by atoms with Crippen LogP contribution in [0.1, 0.15) is 71.6 Å². The summed E-state index contributed by atoms with van der Waals surface area (Å²) in [6, 6.07) is 1.65. The lowest BCUT2D eigenvalue weighted by atomic mass is 9.76. The molecule has 0 spiro atoms. The smallest absolute Gasteiger partial charge is 0.0105 e. The van der Waals surface area contributed by atoms with Crippen LogP contribution in [0.25, 0.3) is 0 Å². The average molecular weight is 280 g/mol. The first kappa shape index (κ1) is 16.3. The summed E-state index contributed by atoms with van der Waals surface area (Å²) in [7, 11) is 2.17. The average Bonchev–Trinajstić information content (AvgIpc) is 2.49. The second kappa shape index (κ2) is 8.38. The maximum Gasteiger partial charge on any atom is 0.0105 e. The number of hydrogen-bond acceptors (Lipinski definition) is 2. The van der Waals surface area contributed by atoms with Crippen LogP contribution < -0.4 is 5.32 Å². The van der Waals surface area contributed by atoms with Crippen molar-refractivity contribution in [3.05, 3.63) is 0 Å². The summed E-state index contributed by atoms with van der Waals surface area (Å²) >= 11 is 0. The van der Waals surface area contributed by atoms with E-state index in [9.17, 15) is 0 Å². The van der Waals surface area contributed by atoms with Gasteiger partial charge >= 0.3 is 0 Å². The molecule has 0 aromatic heterocycles. The molecule has 0 bridgehead atoms. The van der Waals surface area contributed by atoms with Crippen LogP contribution in [0, 0.1) is 11.8 Å². The van der Waals surface area contributed by atoms with E-state index in [0.717, 1.165) is 23.9 Å². The first-order chi connectivity index (χ1) is 9.78. The first-order valence-corrected chi connectivity index (χ1v) is 9.19. The zero-order valence-electron chi connectivity index (χ0n) is 14.0. The van der Waals surface area contributed by atoms with E-state index in [4.69, 9.17) is 0 Å². The van der Waals surface area contributed by atoms with E-state index in [1.165, 1.54) is 70.9 Å². The molecule has 1 heterocycles. The number of likely N-dealkylation sites (tertiary alicyclic amines) is 1. The molecule has 2 rings (SSSR count). The molecule has 4 unspecified atom stereocenters. The Morgan fingerprint density at radius 1 is 1.10 bits per heavy atom. The van der Waals surface area contributed by atoms with E-state index in [0.29, 0.717) is 0 Å². The molecular formula is C18H36N2. The summed E-state index contributed by atoms with van der Waals surface area (Å²) in [6.07, 6.45) is 12.8. The van der Waals surface area contributed by atoms with Gasteiger partial charge in [0, 0.05) is 18.6 Å². The third kappa shape index (κ3) is 4.21. The highest BCUT2D eigenvalue weighted by atomic mass is 15.2. The minimum absolute atomic E-state index is 0.766. The Balaban J connectivity index is 1.93. The zero-order chi connectivity index (χ0) is 14.4. The van der Waals surface area contributed by atoms with E-state index in [2.05, 4.69) is 31.1 Å². The lowest BCUT2D eigenvalue weighted by molar-refractivity contribution is 0.0827. The van der Waals surface area contributed by atoms with Crippen molar-refractivity contribution >= 4 is 0 Å². The van der Waals surface area contributed by atoms with Crippen molar-refractivity contribution < 1.29 is 0 Å². The normalized spacial score (nSPS) is 36.1. The van der Waals surface area contributed by atoms with Crippen LogP contribution in [0.2, 0.25) is 0 Å². The number of piperidine rings is 1. The minimum Gasteiger partial charge on any atom is -0.317 e. The van der Waals surface area contributed by atoms with Gasteiger partial charge in [-0.25, -0.2) is 0 Å². The third-order valence-corrected chi connectivity index (χ3v) is 5.88. The number of nitrogens with zero attached hydrogens (tertiary/aromatic N) is 1. The molecule has 0 aromatic carbocycles. The van der Waals surface area contributed by atoms with Crippen molar-refractivity contribution in [3.63, 3.8) is 0 Å². The van der Waals surface area contributed by atoms with Crippen molar-refractivity contribution in [3.8, 4) is 0 Å². The van der Waals surface area contributed by atoms with Gasteiger partial charge in [0.2, 0.25) is 0 Å². The van der Waals surface area contributed by atoms with E-state index in [1.54, 1.807) is 0 Å². The molecule has 0 amide bonds. The molecule has 2 fully saturated rings. The van der Waals surface area contributed by atoms with Crippen LogP contribution in [0.15, 0.2) is 0 Å². The molecule has 1 aliphatic carbocycles. The predicted molar refractivity (Wildman–Crippen MR) is 88.1 cm³/mol. The lowest BCUT2D eigenvalue weighted by Gasteiger charge is -2.43. The molecule has 0 radical (unpaired) electrons. The van der Waals surface area contributed by atoms with Gasteiger partial charge in [-0.15, -0.1) is 0 Å². The molecule has 1 saturated heterocycles. The van der Waals surface area contributed by atoms with E-state index in [-0.39, 0.29) is 0 Å². The Kier molecular flexibility index (Phi) is 6.83. The number of rotatable bonds is 6. The molecule has 0 aromatic rings. The standard InChI is InChI=1S/C18H36N2/c1-4-8-17-9-6-7-12-20(17)14-16-13-15(5-2)10-11-18(16)19-3/h15-19H,4-14H2,1-3H3. The van der Waals surface area contributed by atoms with Crippen LogP contribution in [-0.2, 0) is 0 Å². The molecule has 1 saturated carbocycles. The van der Waals surface area contributed by atoms with Crippen molar-refractivity contribution in [1.29, 1.82) is 0 Å². The fourth-order valence-corrected chi connectivity index (χ4v) is 4.58. The number of nitrogens with one attached hydrogen (secondary N) is 1. The summed E-state index contributed by atoms with van der Waals surface area (Å²) in [4.78, 5) is 2.85. The molecule has 2 heteroatoms. The quantitative estimate of drug-likeness (QED) is 0.789. The monoisotopic (exact) mass is 280 g/mol. The van der Waals surface area contributed by atoms with Crippen LogP contribution in [-0.4, -0.2) is 37.1 Å². The second-order valence-electron chi connectivity index (χ2n) is 7.18. The molecule has 20 heavy (non-hydrogen) atoms. The highest BCUT2D eigenvalue weighted by molar-refractivity contribution is 4.88. The van der Waals surface area contributed by atoms with Gasteiger partial charge in [0.25, 0.3) is 0 Å². The SMILES string of the molecule is CCCC1CCCCN1CC1CC(CC)CCC1NC. The van der Waals surface area contributed by atoms with Crippen molar-refractivity contribution in [2.24, 2.45) is 11.8 Å². The first-order valence-electron chi connectivity index (χ1n) is 9.19. The van der Waals surface area contributed by atoms with Gasteiger partial charge in [0.05, 0.1) is 0 Å². The van der Waals surface area contributed by atoms with E-state index >= 15 is 0 Å². The maximum absolute atomic E-state index is 3.61. The summed E-state index contributed by atoms with van der Waals surface area (Å²) in [5, 5.41) is 3.61. The summed E-state index contributed by atoms with van der Waals surface area (Å²) in [5.74, 6) is 1.87. The summed E-state index contributed by atoms with van der Waals surface area (Å²) in [5.41, 5.74) is 0. The Hall–Kier alpha value is -0.0800. The number of hydrogen-bond donors (Lipinski definition) is 1. The molecular weight excluding hydrogens is 244 g/mol. The van der Waals surface area contributed by atoms with Crippen molar-refractivity contribution in [2.45, 2.75) is 83.7 Å². The Labute approximate surface area is 126 Å². The topological polar surface area (TPSA) is 15.3 Å². The Morgan fingerprint density at radius 2 is 1.95 bits per heavy atom. The highest BCUT2D eigenvalue weighted by Gasteiger charge is 2.32. The van der Waals surface area contributed by atoms with Gasteiger partial charge in [-0.05, 0) is 64.0 Å². The molecule has 1 aliphatic heterocycles. The summed E-state index contributed by atoms with van der Waals surface area (Å²) in [6.45, 7) is 7.43. The molecule has 2 nitrogen and oxygen atoms in total. The van der Waals surface area contributed by atoms with Crippen molar-refractivity contribution in [1.82, 2.24) is 10.2 Å². The highest BCUT2D eigenvalue weighted by Crippen LogP contribution is 2.33. The van der Waals surface area contributed by atoms with Gasteiger partial charge in [-0.1, -0.05) is 33.1 Å². The van der Waals surface area contributed by atoms with Gasteiger partial charge in [0.1, 0.15) is 0 Å². The molecule has 2 aliphatic rings. The van der Waals surface area contributed by atoms with Gasteiger partial charge in [0.15, 0.2) is 0 Å². The molecule has 4 atom stereocenters. The van der Waals surface area contributed by atoms with E-state index in [1.807, 2.05) is 0 Å². The van der Waals surface area contributed by atoms with Crippen LogP contribution in [0.3, 0.4) is 0 Å². The maximum atomic E-state index is 3.61. The minimum atomic E-state index is 0.766. The Bertz CT molecular complexity index is 264. The molecule has 118 valence electrons. The third-order valence-electron chi connectivity index (χ3n) is 5.88. The summed E-state index contributed by atoms with van der Waals surface area (Å²) < 4.78 is 0. The molecule has 1 N–H and O–H groups in total. The largest absolute Gasteiger partial charge is 0.317 e. The van der Waals surface area contributed by atoms with Crippen LogP contribution in [0.5, 0.6) is 0 Å². The van der Waals surface area contributed by atoms with Crippen LogP contribution in [0.4, 0.5) is 0 Å². The van der Waals surface area contributed by atoms with E-state index < -0.39 is 0 Å². The van der Waals surface area contributed by atoms with Crippen molar-refractivity contribution in [2.75, 3.05) is 20.1 Å². The lowest BCUT2D eigenvalue weighted by Crippen LogP contribution is -2.48. The predicted octanol–water partition coefficient (Wildman–Crippen LogP) is 4.06.